The van der Waals surface area contributed by atoms with Crippen molar-refractivity contribution in [2.24, 2.45) is 0 Å². The third kappa shape index (κ3) is 4.73. The van der Waals surface area contributed by atoms with Crippen molar-refractivity contribution in [1.29, 1.82) is 0 Å². The summed E-state index contributed by atoms with van der Waals surface area (Å²) in [5.41, 5.74) is 0.841. The van der Waals surface area contributed by atoms with Crippen LogP contribution < -0.4 is 10.1 Å². The van der Waals surface area contributed by atoms with Gasteiger partial charge < -0.3 is 15.0 Å². The van der Waals surface area contributed by atoms with E-state index in [0.717, 1.165) is 5.56 Å². The highest BCUT2D eigenvalue weighted by atomic mass is 35.5. The molecule has 0 spiro atoms. The molecule has 0 radical (unpaired) electrons. The first-order valence-electron chi connectivity index (χ1n) is 8.20. The Bertz CT molecular complexity index is 798. The molecule has 0 unspecified atom stereocenters. The van der Waals surface area contributed by atoms with Gasteiger partial charge in [0.1, 0.15) is 11.6 Å². The normalized spacial score (nSPS) is 16.6. The first kappa shape index (κ1) is 18.2. The van der Waals surface area contributed by atoms with Gasteiger partial charge in [-0.25, -0.2) is 4.39 Å². The second kappa shape index (κ2) is 8.19. The SMILES string of the molecule is O=C(COc1ccccc1Cl)N[C@@H]1CC(=O)N(Cc2ccc(F)cc2)C1. The number of ether oxygens (including phenoxy) is 1. The highest BCUT2D eigenvalue weighted by Gasteiger charge is 2.30. The zero-order valence-electron chi connectivity index (χ0n) is 14.0. The van der Waals surface area contributed by atoms with E-state index in [1.165, 1.54) is 12.1 Å². The molecular weight excluding hydrogens is 359 g/mol. The molecule has 2 aromatic rings. The Morgan fingerprint density at radius 2 is 1.96 bits per heavy atom. The summed E-state index contributed by atoms with van der Waals surface area (Å²) in [6.45, 7) is 0.627. The van der Waals surface area contributed by atoms with E-state index < -0.39 is 0 Å². The van der Waals surface area contributed by atoms with E-state index >= 15 is 0 Å². The summed E-state index contributed by atoms with van der Waals surface area (Å²) in [7, 11) is 0. The topological polar surface area (TPSA) is 58.6 Å². The van der Waals surface area contributed by atoms with Crippen molar-refractivity contribution in [3.05, 3.63) is 64.9 Å². The molecule has 1 fully saturated rings. The standard InChI is InChI=1S/C19H18ClFN2O3/c20-16-3-1-2-4-17(16)26-12-18(24)22-15-9-19(25)23(11-15)10-13-5-7-14(21)8-6-13/h1-8,15H,9-12H2,(H,22,24)/t15-/m1/s1. The minimum Gasteiger partial charge on any atom is -0.482 e. The van der Waals surface area contributed by atoms with Crippen molar-refractivity contribution in [1.82, 2.24) is 10.2 Å². The summed E-state index contributed by atoms with van der Waals surface area (Å²) in [5.74, 6) is -0.243. The van der Waals surface area contributed by atoms with Crippen LogP contribution in [0.5, 0.6) is 5.75 Å². The second-order valence-electron chi connectivity index (χ2n) is 6.09. The smallest absolute Gasteiger partial charge is 0.258 e. The van der Waals surface area contributed by atoms with Crippen LogP contribution in [0.25, 0.3) is 0 Å². The molecule has 2 aromatic carbocycles. The molecule has 7 heteroatoms. The average Bonchev–Trinajstić information content (AvgIpc) is 2.95. The number of carbonyl (C=O) groups excluding carboxylic acids is 2. The fourth-order valence-electron chi connectivity index (χ4n) is 2.81. The number of nitrogens with one attached hydrogen (secondary N) is 1. The number of carbonyl (C=O) groups is 2. The maximum absolute atomic E-state index is 13.0. The summed E-state index contributed by atoms with van der Waals surface area (Å²) < 4.78 is 18.3. The van der Waals surface area contributed by atoms with Crippen LogP contribution in [0.15, 0.2) is 48.5 Å². The van der Waals surface area contributed by atoms with Crippen LogP contribution in [0.4, 0.5) is 4.39 Å². The van der Waals surface area contributed by atoms with Gasteiger partial charge in [-0.15, -0.1) is 0 Å². The molecule has 26 heavy (non-hydrogen) atoms. The molecule has 0 saturated carbocycles. The Balaban J connectivity index is 1.48. The van der Waals surface area contributed by atoms with Gasteiger partial charge >= 0.3 is 0 Å². The lowest BCUT2D eigenvalue weighted by atomic mass is 10.2. The van der Waals surface area contributed by atoms with Crippen LogP contribution in [0.2, 0.25) is 5.02 Å². The quantitative estimate of drug-likeness (QED) is 0.843. The molecule has 1 saturated heterocycles. The fraction of sp³-hybridized carbons (Fsp3) is 0.263. The number of likely N-dealkylation sites (tertiary alicyclic amines) is 1. The van der Waals surface area contributed by atoms with Gasteiger partial charge in [-0.05, 0) is 29.8 Å². The third-order valence-corrected chi connectivity index (χ3v) is 4.37. The molecule has 1 atom stereocenters. The predicted octanol–water partition coefficient (Wildman–Crippen LogP) is 2.78. The van der Waals surface area contributed by atoms with Crippen molar-refractivity contribution in [2.75, 3.05) is 13.2 Å². The second-order valence-corrected chi connectivity index (χ2v) is 6.50. The van der Waals surface area contributed by atoms with E-state index in [1.807, 2.05) is 0 Å². The molecule has 5 nitrogen and oxygen atoms in total. The third-order valence-electron chi connectivity index (χ3n) is 4.06. The van der Waals surface area contributed by atoms with Crippen LogP contribution >= 0.6 is 11.6 Å². The van der Waals surface area contributed by atoms with Crippen LogP contribution in [0.3, 0.4) is 0 Å². The van der Waals surface area contributed by atoms with Gasteiger partial charge in [0.05, 0.1) is 11.1 Å². The number of para-hydroxylation sites is 1. The predicted molar refractivity (Wildman–Crippen MR) is 95.3 cm³/mol. The molecule has 1 N–H and O–H groups in total. The highest BCUT2D eigenvalue weighted by molar-refractivity contribution is 6.32. The van der Waals surface area contributed by atoms with Crippen LogP contribution in [-0.2, 0) is 16.1 Å². The Kier molecular flexibility index (Phi) is 5.73. The molecule has 0 aromatic heterocycles. The lowest BCUT2D eigenvalue weighted by Gasteiger charge is -2.17. The van der Waals surface area contributed by atoms with Gasteiger partial charge in [-0.1, -0.05) is 35.9 Å². The number of hydrogen-bond acceptors (Lipinski definition) is 3. The summed E-state index contributed by atoms with van der Waals surface area (Å²) in [6.07, 6.45) is 0.235. The van der Waals surface area contributed by atoms with Crippen molar-refractivity contribution < 1.29 is 18.7 Å². The Labute approximate surface area is 155 Å². The molecule has 136 valence electrons. The Morgan fingerprint density at radius 3 is 2.69 bits per heavy atom. The van der Waals surface area contributed by atoms with Gasteiger partial charge in [0.2, 0.25) is 5.91 Å². The maximum Gasteiger partial charge on any atom is 0.258 e. The number of benzene rings is 2. The van der Waals surface area contributed by atoms with E-state index in [2.05, 4.69) is 5.32 Å². The van der Waals surface area contributed by atoms with E-state index in [4.69, 9.17) is 16.3 Å². The van der Waals surface area contributed by atoms with Crippen LogP contribution in [-0.4, -0.2) is 35.9 Å². The van der Waals surface area contributed by atoms with Crippen molar-refractivity contribution in [3.8, 4) is 5.75 Å². The summed E-state index contributed by atoms with van der Waals surface area (Å²) >= 11 is 5.97. The minimum atomic E-state index is -0.315. The zero-order chi connectivity index (χ0) is 18.5. The lowest BCUT2D eigenvalue weighted by molar-refractivity contribution is -0.128. The van der Waals surface area contributed by atoms with E-state index in [9.17, 15) is 14.0 Å². The molecule has 3 rings (SSSR count). The van der Waals surface area contributed by atoms with Gasteiger partial charge in [0, 0.05) is 19.5 Å². The highest BCUT2D eigenvalue weighted by Crippen LogP contribution is 2.23. The number of halogens is 2. The van der Waals surface area contributed by atoms with Gasteiger partial charge in [0.25, 0.3) is 5.91 Å². The van der Waals surface area contributed by atoms with Crippen molar-refractivity contribution >= 4 is 23.4 Å². The number of amides is 2. The van der Waals surface area contributed by atoms with Crippen LogP contribution in [0, 0.1) is 5.82 Å². The van der Waals surface area contributed by atoms with E-state index in [0.29, 0.717) is 23.9 Å². The minimum absolute atomic E-state index is 0.0494. The van der Waals surface area contributed by atoms with Crippen LogP contribution in [0.1, 0.15) is 12.0 Å². The fourth-order valence-corrected chi connectivity index (χ4v) is 3.00. The monoisotopic (exact) mass is 376 g/mol. The first-order chi connectivity index (χ1) is 12.5. The van der Waals surface area contributed by atoms with E-state index in [-0.39, 0.29) is 36.7 Å². The molecule has 2 amide bonds. The molecule has 0 bridgehead atoms. The molecular formula is C19H18ClFN2O3. The number of nitrogens with zero attached hydrogens (tertiary/aromatic N) is 1. The molecule has 1 heterocycles. The molecule has 0 aliphatic carbocycles. The number of rotatable bonds is 6. The van der Waals surface area contributed by atoms with Gasteiger partial charge in [0.15, 0.2) is 6.61 Å². The van der Waals surface area contributed by atoms with Crippen molar-refractivity contribution in [3.63, 3.8) is 0 Å². The number of hydrogen-bond donors (Lipinski definition) is 1. The van der Waals surface area contributed by atoms with Gasteiger partial charge in [-0.2, -0.15) is 0 Å². The summed E-state index contributed by atoms with van der Waals surface area (Å²) in [4.78, 5) is 25.8. The first-order valence-corrected chi connectivity index (χ1v) is 8.58. The Hall–Kier alpha value is -2.60. The molecule has 1 aliphatic rings. The van der Waals surface area contributed by atoms with Crippen molar-refractivity contribution in [2.45, 2.75) is 19.0 Å². The van der Waals surface area contributed by atoms with E-state index in [1.54, 1.807) is 41.3 Å². The average molecular weight is 377 g/mol. The maximum atomic E-state index is 13.0. The summed E-state index contributed by atoms with van der Waals surface area (Å²) in [5, 5.41) is 3.23. The lowest BCUT2D eigenvalue weighted by Crippen LogP contribution is -2.39. The zero-order valence-corrected chi connectivity index (χ0v) is 14.7. The largest absolute Gasteiger partial charge is 0.482 e. The molecule has 1 aliphatic heterocycles. The Morgan fingerprint density at radius 1 is 1.23 bits per heavy atom. The summed E-state index contributed by atoms with van der Waals surface area (Å²) in [6, 6.07) is 12.6. The van der Waals surface area contributed by atoms with Gasteiger partial charge in [-0.3, -0.25) is 9.59 Å².